The molecule has 0 aromatic heterocycles. The molecule has 138 valence electrons. The van der Waals surface area contributed by atoms with Crippen LogP contribution in [0.1, 0.15) is 46.9 Å². The van der Waals surface area contributed by atoms with Crippen LogP contribution in [0.4, 0.5) is 0 Å². The van der Waals surface area contributed by atoms with Gasteiger partial charge in [-0.3, -0.25) is 20.4 Å². The number of nitrogens with one attached hydrogen (secondary N) is 2. The number of hydrogen-bond acceptors (Lipinski definition) is 3. The van der Waals surface area contributed by atoms with E-state index in [-0.39, 0.29) is 10.6 Å². The fourth-order valence-electron chi connectivity index (χ4n) is 2.17. The Morgan fingerprint density at radius 2 is 1.65 bits per heavy atom. The van der Waals surface area contributed by atoms with Crippen LogP contribution in [0.15, 0.2) is 42.5 Å². The second-order valence-electron chi connectivity index (χ2n) is 5.61. The van der Waals surface area contributed by atoms with E-state index in [1.165, 1.54) is 12.1 Å². The Kier molecular flexibility index (Phi) is 7.75. The Hall–Kier alpha value is -2.24. The maximum Gasteiger partial charge on any atom is 0.271 e. The van der Waals surface area contributed by atoms with Gasteiger partial charge in [-0.1, -0.05) is 43.0 Å². The topological polar surface area (TPSA) is 67.4 Å². The van der Waals surface area contributed by atoms with Gasteiger partial charge in [0, 0.05) is 10.6 Å². The maximum atomic E-state index is 12.1. The second kappa shape index (κ2) is 10.0. The summed E-state index contributed by atoms with van der Waals surface area (Å²) in [6.07, 6.45) is 3.26. The van der Waals surface area contributed by atoms with E-state index in [0.29, 0.717) is 22.9 Å². The van der Waals surface area contributed by atoms with Gasteiger partial charge in [0.2, 0.25) is 0 Å². The Morgan fingerprint density at radius 3 is 2.31 bits per heavy atom. The van der Waals surface area contributed by atoms with Gasteiger partial charge >= 0.3 is 0 Å². The van der Waals surface area contributed by atoms with E-state index < -0.39 is 11.8 Å². The van der Waals surface area contributed by atoms with E-state index >= 15 is 0 Å². The molecule has 2 amide bonds. The lowest BCUT2D eigenvalue weighted by atomic mass is 10.2. The first-order valence-electron chi connectivity index (χ1n) is 8.30. The van der Waals surface area contributed by atoms with Crippen LogP contribution >= 0.6 is 23.2 Å². The van der Waals surface area contributed by atoms with Crippen molar-refractivity contribution >= 4 is 35.0 Å². The molecule has 0 aliphatic carbocycles. The van der Waals surface area contributed by atoms with Crippen molar-refractivity contribution in [3.63, 3.8) is 0 Å². The molecule has 0 radical (unpaired) electrons. The standard InChI is InChI=1S/C19H20Cl2N2O3/c1-2-3-4-11-26-15-8-5-13(6-9-15)18(24)22-23-19(25)16-10-7-14(20)12-17(16)21/h5-10,12H,2-4,11H2,1H3,(H,22,24)(H,23,25). The summed E-state index contributed by atoms with van der Waals surface area (Å²) in [5.74, 6) is -0.272. The predicted molar refractivity (Wildman–Crippen MR) is 103 cm³/mol. The molecular weight excluding hydrogens is 375 g/mol. The van der Waals surface area contributed by atoms with Crippen LogP contribution in [0.5, 0.6) is 5.75 Å². The van der Waals surface area contributed by atoms with Crippen molar-refractivity contribution in [2.24, 2.45) is 0 Å². The molecule has 0 bridgehead atoms. The SMILES string of the molecule is CCCCCOc1ccc(C(=O)NNC(=O)c2ccc(Cl)cc2Cl)cc1. The van der Waals surface area contributed by atoms with Gasteiger partial charge in [-0.25, -0.2) is 0 Å². The molecule has 2 rings (SSSR count). The van der Waals surface area contributed by atoms with Crippen LogP contribution in [0.3, 0.4) is 0 Å². The number of hydrazine groups is 1. The van der Waals surface area contributed by atoms with Crippen LogP contribution in [0, 0.1) is 0 Å². The molecule has 2 aromatic carbocycles. The molecule has 2 N–H and O–H groups in total. The van der Waals surface area contributed by atoms with Crippen molar-refractivity contribution < 1.29 is 14.3 Å². The van der Waals surface area contributed by atoms with Gasteiger partial charge in [0.25, 0.3) is 11.8 Å². The summed E-state index contributed by atoms with van der Waals surface area (Å²) in [4.78, 5) is 24.2. The smallest absolute Gasteiger partial charge is 0.271 e. The van der Waals surface area contributed by atoms with Crippen molar-refractivity contribution in [1.82, 2.24) is 10.9 Å². The normalized spacial score (nSPS) is 10.3. The summed E-state index contributed by atoms with van der Waals surface area (Å²) in [6, 6.07) is 11.2. The van der Waals surface area contributed by atoms with Gasteiger partial charge < -0.3 is 4.74 Å². The summed E-state index contributed by atoms with van der Waals surface area (Å²) < 4.78 is 5.59. The Bertz CT molecular complexity index is 764. The number of amides is 2. The van der Waals surface area contributed by atoms with Crippen LogP contribution in [0.2, 0.25) is 10.0 Å². The van der Waals surface area contributed by atoms with E-state index in [4.69, 9.17) is 27.9 Å². The van der Waals surface area contributed by atoms with E-state index in [2.05, 4.69) is 17.8 Å². The molecular formula is C19H20Cl2N2O3. The van der Waals surface area contributed by atoms with Gasteiger partial charge in [-0.2, -0.15) is 0 Å². The average molecular weight is 395 g/mol. The minimum Gasteiger partial charge on any atom is -0.494 e. The highest BCUT2D eigenvalue weighted by atomic mass is 35.5. The first kappa shape index (κ1) is 20.1. The Morgan fingerprint density at radius 1 is 0.962 bits per heavy atom. The molecule has 2 aromatic rings. The fraction of sp³-hybridized carbons (Fsp3) is 0.263. The molecule has 0 spiro atoms. The molecule has 0 heterocycles. The molecule has 0 saturated carbocycles. The summed E-state index contributed by atoms with van der Waals surface area (Å²) in [7, 11) is 0. The van der Waals surface area contributed by atoms with E-state index in [9.17, 15) is 9.59 Å². The van der Waals surface area contributed by atoms with E-state index in [0.717, 1.165) is 19.3 Å². The van der Waals surface area contributed by atoms with Gasteiger partial charge in [0.15, 0.2) is 0 Å². The molecule has 7 heteroatoms. The van der Waals surface area contributed by atoms with Gasteiger partial charge in [-0.05, 0) is 48.9 Å². The first-order valence-corrected chi connectivity index (χ1v) is 9.05. The minimum atomic E-state index is -0.532. The zero-order valence-electron chi connectivity index (χ0n) is 14.4. The Balaban J connectivity index is 1.86. The van der Waals surface area contributed by atoms with Crippen molar-refractivity contribution in [2.45, 2.75) is 26.2 Å². The van der Waals surface area contributed by atoms with Gasteiger partial charge in [0.1, 0.15) is 5.75 Å². The highest BCUT2D eigenvalue weighted by Crippen LogP contribution is 2.20. The number of rotatable bonds is 7. The first-order chi connectivity index (χ1) is 12.5. The molecule has 0 saturated heterocycles. The Labute approximate surface area is 162 Å². The summed E-state index contributed by atoms with van der Waals surface area (Å²) in [6.45, 7) is 2.78. The largest absolute Gasteiger partial charge is 0.494 e. The third kappa shape index (κ3) is 5.93. The molecule has 0 atom stereocenters. The summed E-state index contributed by atoms with van der Waals surface area (Å²) in [5, 5.41) is 0.626. The number of ether oxygens (including phenoxy) is 1. The third-order valence-electron chi connectivity index (χ3n) is 3.60. The fourth-order valence-corrected chi connectivity index (χ4v) is 2.67. The maximum absolute atomic E-state index is 12.1. The minimum absolute atomic E-state index is 0.203. The highest BCUT2D eigenvalue weighted by molar-refractivity contribution is 6.36. The van der Waals surface area contributed by atoms with Crippen molar-refractivity contribution in [3.05, 3.63) is 63.6 Å². The van der Waals surface area contributed by atoms with Gasteiger partial charge in [0.05, 0.1) is 17.2 Å². The number of carbonyl (C=O) groups excluding carboxylic acids is 2. The van der Waals surface area contributed by atoms with E-state index in [1.807, 2.05) is 0 Å². The summed E-state index contributed by atoms with van der Waals surface area (Å²) in [5.41, 5.74) is 5.28. The highest BCUT2D eigenvalue weighted by Gasteiger charge is 2.12. The van der Waals surface area contributed by atoms with Crippen LogP contribution < -0.4 is 15.6 Å². The molecule has 0 fully saturated rings. The lowest BCUT2D eigenvalue weighted by Crippen LogP contribution is -2.41. The van der Waals surface area contributed by atoms with Crippen LogP contribution in [0.25, 0.3) is 0 Å². The second-order valence-corrected chi connectivity index (χ2v) is 6.46. The zero-order valence-corrected chi connectivity index (χ0v) is 15.9. The molecule has 26 heavy (non-hydrogen) atoms. The number of benzene rings is 2. The molecule has 0 aliphatic heterocycles. The summed E-state index contributed by atoms with van der Waals surface area (Å²) >= 11 is 11.8. The lowest BCUT2D eigenvalue weighted by molar-refractivity contribution is 0.0846. The average Bonchev–Trinajstić information content (AvgIpc) is 2.63. The quantitative estimate of drug-likeness (QED) is 0.530. The number of unbranched alkanes of at least 4 members (excludes halogenated alkanes) is 2. The predicted octanol–water partition coefficient (Wildman–Crippen LogP) is 4.64. The zero-order chi connectivity index (χ0) is 18.9. The number of hydrogen-bond donors (Lipinski definition) is 2. The van der Waals surface area contributed by atoms with Gasteiger partial charge in [-0.15, -0.1) is 0 Å². The third-order valence-corrected chi connectivity index (χ3v) is 4.15. The number of carbonyl (C=O) groups is 2. The van der Waals surface area contributed by atoms with Crippen LogP contribution in [-0.2, 0) is 0 Å². The van der Waals surface area contributed by atoms with Crippen molar-refractivity contribution in [3.8, 4) is 5.75 Å². The monoisotopic (exact) mass is 394 g/mol. The number of halogens is 2. The lowest BCUT2D eigenvalue weighted by Gasteiger charge is -2.10. The molecule has 5 nitrogen and oxygen atoms in total. The molecule has 0 unspecified atom stereocenters. The van der Waals surface area contributed by atoms with Crippen LogP contribution in [-0.4, -0.2) is 18.4 Å². The van der Waals surface area contributed by atoms with E-state index in [1.54, 1.807) is 30.3 Å². The van der Waals surface area contributed by atoms with Crippen molar-refractivity contribution in [1.29, 1.82) is 0 Å². The molecule has 0 aliphatic rings. The van der Waals surface area contributed by atoms with Crippen molar-refractivity contribution in [2.75, 3.05) is 6.61 Å².